The molecule has 3 nitrogen and oxygen atoms in total. The Morgan fingerprint density at radius 3 is 2.21 bits per heavy atom. The first-order valence-corrected chi connectivity index (χ1v) is 6.33. The van der Waals surface area contributed by atoms with Gasteiger partial charge in [0.2, 0.25) is 0 Å². The molecular formula is C14H8F7N3. The number of halogens is 7. The Morgan fingerprint density at radius 2 is 1.75 bits per heavy atom. The van der Waals surface area contributed by atoms with Crippen LogP contribution in [-0.4, -0.2) is 18.6 Å². The Balaban J connectivity index is 2.49. The number of hydrogen-bond donors (Lipinski definition) is 0. The highest BCUT2D eigenvalue weighted by Crippen LogP contribution is 2.36. The van der Waals surface area contributed by atoms with Crippen molar-refractivity contribution < 1.29 is 30.7 Å². The highest BCUT2D eigenvalue weighted by Gasteiger charge is 2.39. The molecule has 0 atom stereocenters. The predicted molar refractivity (Wildman–Crippen MR) is 70.7 cm³/mol. The second kappa shape index (κ2) is 5.81. The van der Waals surface area contributed by atoms with Crippen LogP contribution in [0.5, 0.6) is 0 Å². The number of allylic oxidation sites excluding steroid dienone is 1. The molecule has 0 spiro atoms. The van der Waals surface area contributed by atoms with Gasteiger partial charge in [-0.15, -0.1) is 0 Å². The molecule has 0 bridgehead atoms. The van der Waals surface area contributed by atoms with E-state index in [9.17, 15) is 30.7 Å². The van der Waals surface area contributed by atoms with Gasteiger partial charge in [0, 0.05) is 6.20 Å². The van der Waals surface area contributed by atoms with Crippen LogP contribution in [0.25, 0.3) is 0 Å². The summed E-state index contributed by atoms with van der Waals surface area (Å²) in [6.45, 7) is 0.398. The minimum Gasteiger partial charge on any atom is -0.324 e. The standard InChI is InChI=1S/C14H8F7N3/c1-7-5-24(6-23-12(7)14(19,20)21)11-8(4-22)2-9(3-10(11)15)13(16,17)18/h2-3,5H,6H2,1H3. The second-order valence-corrected chi connectivity index (χ2v) is 4.89. The molecule has 0 unspecified atom stereocenters. The van der Waals surface area contributed by atoms with Crippen LogP contribution in [0.3, 0.4) is 0 Å². The van der Waals surface area contributed by atoms with Gasteiger partial charge in [-0.25, -0.2) is 4.39 Å². The summed E-state index contributed by atoms with van der Waals surface area (Å²) in [6, 6.07) is 2.04. The lowest BCUT2D eigenvalue weighted by Gasteiger charge is -2.27. The Bertz CT molecular complexity index is 766. The van der Waals surface area contributed by atoms with Crippen molar-refractivity contribution in [2.24, 2.45) is 4.99 Å². The molecule has 10 heteroatoms. The van der Waals surface area contributed by atoms with Crippen LogP contribution >= 0.6 is 0 Å². The molecule has 1 aliphatic rings. The number of anilines is 1. The molecule has 2 rings (SSSR count). The molecule has 1 heterocycles. The van der Waals surface area contributed by atoms with E-state index in [0.29, 0.717) is 6.07 Å². The fourth-order valence-corrected chi connectivity index (χ4v) is 2.20. The maximum Gasteiger partial charge on any atom is 0.433 e. The summed E-state index contributed by atoms with van der Waals surface area (Å²) in [7, 11) is 0. The van der Waals surface area contributed by atoms with E-state index in [0.717, 1.165) is 18.0 Å². The van der Waals surface area contributed by atoms with Crippen LogP contribution in [0, 0.1) is 17.1 Å². The zero-order valence-corrected chi connectivity index (χ0v) is 11.9. The van der Waals surface area contributed by atoms with E-state index in [2.05, 4.69) is 4.99 Å². The van der Waals surface area contributed by atoms with E-state index >= 15 is 0 Å². The van der Waals surface area contributed by atoms with E-state index in [4.69, 9.17) is 5.26 Å². The molecule has 1 aliphatic heterocycles. The lowest BCUT2D eigenvalue weighted by atomic mass is 10.1. The molecule has 0 radical (unpaired) electrons. The summed E-state index contributed by atoms with van der Waals surface area (Å²) in [5, 5.41) is 8.96. The van der Waals surface area contributed by atoms with Crippen LogP contribution in [0.2, 0.25) is 0 Å². The van der Waals surface area contributed by atoms with Crippen LogP contribution < -0.4 is 4.90 Å². The van der Waals surface area contributed by atoms with Gasteiger partial charge < -0.3 is 4.90 Å². The Labute approximate surface area is 131 Å². The minimum atomic E-state index is -4.86. The SMILES string of the molecule is CC1=CN(c2c(F)cc(C(F)(F)F)cc2C#N)CN=C1C(F)(F)F. The summed E-state index contributed by atoms with van der Waals surface area (Å²) in [4.78, 5) is 4.14. The number of benzene rings is 1. The molecule has 0 aliphatic carbocycles. The molecule has 1 aromatic carbocycles. The third-order valence-corrected chi connectivity index (χ3v) is 3.17. The Hall–Kier alpha value is -2.57. The van der Waals surface area contributed by atoms with Gasteiger partial charge in [-0.1, -0.05) is 0 Å². The molecule has 0 saturated heterocycles. The quantitative estimate of drug-likeness (QED) is 0.704. The van der Waals surface area contributed by atoms with Gasteiger partial charge in [0.1, 0.15) is 24.3 Å². The van der Waals surface area contributed by atoms with Crippen LogP contribution in [0.4, 0.5) is 36.4 Å². The predicted octanol–water partition coefficient (Wildman–Crippen LogP) is 4.40. The van der Waals surface area contributed by atoms with Crippen LogP contribution in [-0.2, 0) is 6.18 Å². The van der Waals surface area contributed by atoms with Crippen molar-refractivity contribution in [1.29, 1.82) is 5.26 Å². The molecular weight excluding hydrogens is 343 g/mol. The van der Waals surface area contributed by atoms with Crippen LogP contribution in [0.15, 0.2) is 28.9 Å². The fourth-order valence-electron chi connectivity index (χ4n) is 2.20. The van der Waals surface area contributed by atoms with Crippen molar-refractivity contribution in [2.75, 3.05) is 11.6 Å². The van der Waals surface area contributed by atoms with Crippen molar-refractivity contribution in [3.63, 3.8) is 0 Å². The monoisotopic (exact) mass is 351 g/mol. The van der Waals surface area contributed by atoms with Crippen molar-refractivity contribution >= 4 is 11.4 Å². The third-order valence-electron chi connectivity index (χ3n) is 3.17. The average Bonchev–Trinajstić information content (AvgIpc) is 2.43. The minimum absolute atomic E-state index is 0.183. The number of aliphatic imine (C=N–C) groups is 1. The zero-order chi connectivity index (χ0) is 18.3. The summed E-state index contributed by atoms with van der Waals surface area (Å²) < 4.78 is 90.1. The maximum absolute atomic E-state index is 14.1. The highest BCUT2D eigenvalue weighted by atomic mass is 19.4. The summed E-state index contributed by atoms with van der Waals surface area (Å²) >= 11 is 0. The van der Waals surface area contributed by atoms with E-state index in [1.54, 1.807) is 0 Å². The molecule has 0 amide bonds. The molecule has 0 N–H and O–H groups in total. The lowest BCUT2D eigenvalue weighted by molar-refractivity contribution is -0.137. The number of alkyl halides is 6. The smallest absolute Gasteiger partial charge is 0.324 e. The van der Waals surface area contributed by atoms with Gasteiger partial charge in [-0.05, 0) is 24.6 Å². The second-order valence-electron chi connectivity index (χ2n) is 4.89. The largest absolute Gasteiger partial charge is 0.433 e. The molecule has 0 aromatic heterocycles. The van der Waals surface area contributed by atoms with E-state index < -0.39 is 47.4 Å². The van der Waals surface area contributed by atoms with Gasteiger partial charge in [-0.2, -0.15) is 31.6 Å². The van der Waals surface area contributed by atoms with E-state index in [1.165, 1.54) is 6.07 Å². The lowest BCUT2D eigenvalue weighted by Crippen LogP contribution is -2.32. The van der Waals surface area contributed by atoms with Gasteiger partial charge in [0.05, 0.1) is 16.8 Å². The molecule has 128 valence electrons. The van der Waals surface area contributed by atoms with Crippen LogP contribution in [0.1, 0.15) is 18.1 Å². The summed E-state index contributed by atoms with van der Waals surface area (Å²) in [5.74, 6) is -1.38. The number of rotatable bonds is 1. The van der Waals surface area contributed by atoms with Crippen molar-refractivity contribution in [3.8, 4) is 6.07 Å². The summed E-state index contributed by atoms with van der Waals surface area (Å²) in [6.07, 6.45) is -8.67. The van der Waals surface area contributed by atoms with Gasteiger partial charge >= 0.3 is 12.4 Å². The molecule has 1 aromatic rings. The fraction of sp³-hybridized carbons (Fsp3) is 0.286. The molecule has 0 saturated carbocycles. The normalized spacial score (nSPS) is 15.7. The van der Waals surface area contributed by atoms with Crippen molar-refractivity contribution in [2.45, 2.75) is 19.3 Å². The van der Waals surface area contributed by atoms with Gasteiger partial charge in [0.15, 0.2) is 0 Å². The van der Waals surface area contributed by atoms with E-state index in [1.807, 2.05) is 0 Å². The van der Waals surface area contributed by atoms with E-state index in [-0.39, 0.29) is 11.6 Å². The first-order valence-electron chi connectivity index (χ1n) is 6.33. The topological polar surface area (TPSA) is 39.4 Å². The highest BCUT2D eigenvalue weighted by molar-refractivity contribution is 6.04. The third kappa shape index (κ3) is 3.34. The molecule has 24 heavy (non-hydrogen) atoms. The van der Waals surface area contributed by atoms with Gasteiger partial charge in [-0.3, -0.25) is 4.99 Å². The number of nitrogens with zero attached hydrogens (tertiary/aromatic N) is 3. The summed E-state index contributed by atoms with van der Waals surface area (Å²) in [5.41, 5.74) is -4.09. The first kappa shape index (κ1) is 17.8. The Morgan fingerprint density at radius 1 is 1.12 bits per heavy atom. The zero-order valence-electron chi connectivity index (χ0n) is 11.9. The maximum atomic E-state index is 14.1. The molecule has 0 fully saturated rings. The average molecular weight is 351 g/mol. The number of hydrogen-bond acceptors (Lipinski definition) is 3. The Kier molecular flexibility index (Phi) is 4.31. The number of nitriles is 1. The van der Waals surface area contributed by atoms with Gasteiger partial charge in [0.25, 0.3) is 0 Å². The van der Waals surface area contributed by atoms with Crippen molar-refractivity contribution in [3.05, 3.63) is 40.8 Å². The van der Waals surface area contributed by atoms with Crippen molar-refractivity contribution in [1.82, 2.24) is 0 Å². The first-order chi connectivity index (χ1) is 10.9.